The van der Waals surface area contributed by atoms with E-state index >= 15 is 0 Å². The standard InChI is InChI=1S/C9H10ClN5S/c10-7-13-8(11)15-9(14-7)12-4-3-6-2-1-5-16-6/h1-2,5H,3-4H2,(H3,11,12,13,14,15). The number of hydrogen-bond acceptors (Lipinski definition) is 6. The summed E-state index contributed by atoms with van der Waals surface area (Å²) in [5.41, 5.74) is 5.44. The van der Waals surface area contributed by atoms with Crippen LogP contribution in [0.1, 0.15) is 4.88 Å². The monoisotopic (exact) mass is 255 g/mol. The van der Waals surface area contributed by atoms with Crippen LogP contribution in [0.25, 0.3) is 0 Å². The summed E-state index contributed by atoms with van der Waals surface area (Å²) in [5.74, 6) is 0.535. The van der Waals surface area contributed by atoms with Crippen molar-refractivity contribution < 1.29 is 0 Å². The van der Waals surface area contributed by atoms with Gasteiger partial charge in [-0.1, -0.05) is 6.07 Å². The third-order valence-corrected chi connectivity index (χ3v) is 2.97. The van der Waals surface area contributed by atoms with Gasteiger partial charge in [-0.05, 0) is 29.5 Å². The Labute approximate surface area is 102 Å². The van der Waals surface area contributed by atoms with E-state index in [4.69, 9.17) is 17.3 Å². The van der Waals surface area contributed by atoms with Crippen LogP contribution in [0.5, 0.6) is 0 Å². The Morgan fingerprint density at radius 1 is 1.38 bits per heavy atom. The SMILES string of the molecule is Nc1nc(Cl)nc(NCCc2cccs2)n1. The molecular weight excluding hydrogens is 246 g/mol. The van der Waals surface area contributed by atoms with Crippen LogP contribution in [0.3, 0.4) is 0 Å². The molecule has 0 aromatic carbocycles. The lowest BCUT2D eigenvalue weighted by Gasteiger charge is -2.03. The van der Waals surface area contributed by atoms with Gasteiger partial charge in [-0.25, -0.2) is 0 Å². The number of nitrogens with one attached hydrogen (secondary N) is 1. The van der Waals surface area contributed by atoms with E-state index in [1.807, 2.05) is 11.4 Å². The van der Waals surface area contributed by atoms with E-state index in [1.165, 1.54) is 4.88 Å². The molecule has 5 nitrogen and oxygen atoms in total. The van der Waals surface area contributed by atoms with E-state index in [2.05, 4.69) is 26.3 Å². The first-order valence-corrected chi connectivity index (χ1v) is 5.93. The molecular formula is C9H10ClN5S. The molecule has 2 aromatic heterocycles. The van der Waals surface area contributed by atoms with Gasteiger partial charge in [-0.3, -0.25) is 0 Å². The summed E-state index contributed by atoms with van der Waals surface area (Å²) in [6.45, 7) is 0.736. The molecule has 2 rings (SSSR count). The van der Waals surface area contributed by atoms with Crippen LogP contribution in [0.4, 0.5) is 11.9 Å². The van der Waals surface area contributed by atoms with E-state index in [0.717, 1.165) is 13.0 Å². The smallest absolute Gasteiger partial charge is 0.228 e. The summed E-state index contributed by atoms with van der Waals surface area (Å²) >= 11 is 7.37. The molecule has 84 valence electrons. The van der Waals surface area contributed by atoms with E-state index in [1.54, 1.807) is 11.3 Å². The summed E-state index contributed by atoms with van der Waals surface area (Å²) in [7, 11) is 0. The lowest BCUT2D eigenvalue weighted by molar-refractivity contribution is 0.980. The van der Waals surface area contributed by atoms with Crippen LogP contribution in [0.2, 0.25) is 5.28 Å². The Morgan fingerprint density at radius 3 is 2.94 bits per heavy atom. The van der Waals surface area contributed by atoms with Crippen molar-refractivity contribution in [3.05, 3.63) is 27.7 Å². The molecule has 0 radical (unpaired) electrons. The highest BCUT2D eigenvalue weighted by Crippen LogP contribution is 2.10. The molecule has 0 saturated heterocycles. The highest BCUT2D eigenvalue weighted by atomic mass is 35.5. The third kappa shape index (κ3) is 3.04. The van der Waals surface area contributed by atoms with Crippen LogP contribution in [0.15, 0.2) is 17.5 Å². The molecule has 2 heterocycles. The Balaban J connectivity index is 1.89. The molecule has 0 amide bonds. The predicted molar refractivity (Wildman–Crippen MR) is 65.8 cm³/mol. The number of nitrogens with zero attached hydrogens (tertiary/aromatic N) is 3. The van der Waals surface area contributed by atoms with Gasteiger partial charge in [0.1, 0.15) is 0 Å². The predicted octanol–water partition coefficient (Wildman–Crippen LogP) is 1.82. The Kier molecular flexibility index (Phi) is 3.53. The molecule has 0 atom stereocenters. The fourth-order valence-corrected chi connectivity index (χ4v) is 2.07. The number of hydrogen-bond donors (Lipinski definition) is 2. The first kappa shape index (κ1) is 11.1. The second-order valence-corrected chi connectivity index (χ2v) is 4.41. The van der Waals surface area contributed by atoms with Crippen LogP contribution in [-0.4, -0.2) is 21.5 Å². The summed E-state index contributed by atoms with van der Waals surface area (Å²) in [5, 5.41) is 5.20. The van der Waals surface area contributed by atoms with Crippen molar-refractivity contribution in [3.63, 3.8) is 0 Å². The van der Waals surface area contributed by atoms with Crippen molar-refractivity contribution in [1.29, 1.82) is 0 Å². The zero-order valence-corrected chi connectivity index (χ0v) is 9.92. The molecule has 0 aliphatic carbocycles. The van der Waals surface area contributed by atoms with Crippen molar-refractivity contribution in [2.24, 2.45) is 0 Å². The number of aromatic nitrogens is 3. The number of anilines is 2. The quantitative estimate of drug-likeness (QED) is 0.872. The van der Waals surface area contributed by atoms with Gasteiger partial charge < -0.3 is 11.1 Å². The summed E-state index contributed by atoms with van der Waals surface area (Å²) in [6.07, 6.45) is 0.918. The van der Waals surface area contributed by atoms with Crippen molar-refractivity contribution in [3.8, 4) is 0 Å². The van der Waals surface area contributed by atoms with Gasteiger partial charge in [0.15, 0.2) is 0 Å². The van der Waals surface area contributed by atoms with Crippen LogP contribution in [-0.2, 0) is 6.42 Å². The van der Waals surface area contributed by atoms with Gasteiger partial charge in [0.05, 0.1) is 0 Å². The summed E-state index contributed by atoms with van der Waals surface area (Å²) in [6, 6.07) is 4.11. The van der Waals surface area contributed by atoms with Gasteiger partial charge in [0.2, 0.25) is 17.2 Å². The fourth-order valence-electron chi connectivity index (χ4n) is 1.20. The van der Waals surface area contributed by atoms with Crippen molar-refractivity contribution in [2.45, 2.75) is 6.42 Å². The number of rotatable bonds is 4. The van der Waals surface area contributed by atoms with E-state index in [-0.39, 0.29) is 11.2 Å². The highest BCUT2D eigenvalue weighted by molar-refractivity contribution is 7.09. The Bertz CT molecular complexity index is 439. The first-order valence-electron chi connectivity index (χ1n) is 4.67. The van der Waals surface area contributed by atoms with Gasteiger partial charge in [-0.15, -0.1) is 11.3 Å². The first-order chi connectivity index (χ1) is 7.74. The number of nitrogen functional groups attached to an aromatic ring is 1. The molecule has 0 aliphatic heterocycles. The highest BCUT2D eigenvalue weighted by Gasteiger charge is 2.01. The van der Waals surface area contributed by atoms with Gasteiger partial charge in [0.25, 0.3) is 0 Å². The Hall–Kier alpha value is -1.40. The molecule has 0 bridgehead atoms. The minimum Gasteiger partial charge on any atom is -0.368 e. The number of halogens is 1. The summed E-state index contributed by atoms with van der Waals surface area (Å²) < 4.78 is 0. The lowest BCUT2D eigenvalue weighted by atomic mass is 10.3. The average molecular weight is 256 g/mol. The maximum Gasteiger partial charge on any atom is 0.228 e. The van der Waals surface area contributed by atoms with Gasteiger partial charge in [-0.2, -0.15) is 15.0 Å². The average Bonchev–Trinajstić information content (AvgIpc) is 2.69. The van der Waals surface area contributed by atoms with Crippen LogP contribution in [0, 0.1) is 0 Å². The minimum absolute atomic E-state index is 0.103. The van der Waals surface area contributed by atoms with Gasteiger partial charge in [0, 0.05) is 11.4 Å². The molecule has 3 N–H and O–H groups in total. The maximum atomic E-state index is 5.65. The van der Waals surface area contributed by atoms with E-state index in [9.17, 15) is 0 Å². The molecule has 0 spiro atoms. The molecule has 0 saturated carbocycles. The molecule has 7 heteroatoms. The van der Waals surface area contributed by atoms with Crippen LogP contribution < -0.4 is 11.1 Å². The molecule has 0 fully saturated rings. The zero-order chi connectivity index (χ0) is 11.4. The van der Waals surface area contributed by atoms with E-state index in [0.29, 0.717) is 5.95 Å². The largest absolute Gasteiger partial charge is 0.368 e. The number of thiophene rings is 1. The third-order valence-electron chi connectivity index (χ3n) is 1.86. The van der Waals surface area contributed by atoms with Crippen LogP contribution >= 0.6 is 22.9 Å². The fraction of sp³-hybridized carbons (Fsp3) is 0.222. The minimum atomic E-state index is 0.103. The molecule has 0 aliphatic rings. The van der Waals surface area contributed by atoms with Crippen molar-refractivity contribution >= 4 is 34.8 Å². The zero-order valence-electron chi connectivity index (χ0n) is 8.35. The molecule has 2 aromatic rings. The molecule has 0 unspecified atom stereocenters. The Morgan fingerprint density at radius 2 is 2.25 bits per heavy atom. The maximum absolute atomic E-state index is 5.65. The second-order valence-electron chi connectivity index (χ2n) is 3.04. The van der Waals surface area contributed by atoms with Crippen molar-refractivity contribution in [1.82, 2.24) is 15.0 Å². The topological polar surface area (TPSA) is 76.7 Å². The van der Waals surface area contributed by atoms with Gasteiger partial charge >= 0.3 is 0 Å². The molecule has 16 heavy (non-hydrogen) atoms. The van der Waals surface area contributed by atoms with E-state index < -0.39 is 0 Å². The summed E-state index contributed by atoms with van der Waals surface area (Å²) in [4.78, 5) is 12.8. The lowest BCUT2D eigenvalue weighted by Crippen LogP contribution is -2.09. The number of nitrogens with two attached hydrogens (primary N) is 1. The normalized spacial score (nSPS) is 10.3. The second kappa shape index (κ2) is 5.09. The van der Waals surface area contributed by atoms with Crippen molar-refractivity contribution in [2.75, 3.05) is 17.6 Å².